The van der Waals surface area contributed by atoms with Crippen LogP contribution in [0, 0.1) is 0 Å². The first-order valence-electron chi connectivity index (χ1n) is 10.5. The maximum atomic E-state index is 9.41. The first-order chi connectivity index (χ1) is 14.3. The van der Waals surface area contributed by atoms with E-state index >= 15 is 0 Å². The second-order valence-electron chi connectivity index (χ2n) is 8.71. The molecule has 0 spiro atoms. The van der Waals surface area contributed by atoms with Crippen molar-refractivity contribution >= 4 is 28.6 Å². The molecule has 0 bridgehead atoms. The molecule has 0 aliphatic carbocycles. The highest BCUT2D eigenvalue weighted by molar-refractivity contribution is 7.80. The summed E-state index contributed by atoms with van der Waals surface area (Å²) in [6.07, 6.45) is 4.83. The van der Waals surface area contributed by atoms with Crippen LogP contribution in [0.2, 0.25) is 0 Å². The van der Waals surface area contributed by atoms with Crippen LogP contribution in [0.25, 0.3) is 5.57 Å². The molecule has 2 N–H and O–H groups in total. The molecule has 0 saturated carbocycles. The number of hydrogen-bond donors (Lipinski definition) is 2. The fourth-order valence-electron chi connectivity index (χ4n) is 4.61. The third-order valence-corrected chi connectivity index (χ3v) is 6.69. The quantitative estimate of drug-likeness (QED) is 0.709. The molecule has 2 aliphatic rings. The van der Waals surface area contributed by atoms with Crippen molar-refractivity contribution in [3.63, 3.8) is 0 Å². The number of aliphatic hydroxyl groups excluding tert-OH is 1. The maximum Gasteiger partial charge on any atom is 0.170 e. The zero-order chi connectivity index (χ0) is 21.5. The summed E-state index contributed by atoms with van der Waals surface area (Å²) in [4.78, 5) is 9.13. The first-order valence-corrected chi connectivity index (χ1v) is 10.9. The summed E-state index contributed by atoms with van der Waals surface area (Å²) < 4.78 is 0. The van der Waals surface area contributed by atoms with Crippen LogP contribution in [-0.2, 0) is 0 Å². The highest BCUT2D eigenvalue weighted by Crippen LogP contribution is 2.43. The molecule has 2 aromatic rings. The number of nitrogens with zero attached hydrogens (tertiary/aromatic N) is 3. The number of hydrogen-bond acceptors (Lipinski definition) is 4. The molecule has 4 rings (SSSR count). The highest BCUT2D eigenvalue weighted by Gasteiger charge is 2.40. The molecule has 0 amide bonds. The Kier molecular flexibility index (Phi) is 5.55. The second-order valence-corrected chi connectivity index (χ2v) is 9.10. The molecule has 1 aromatic heterocycles. The summed E-state index contributed by atoms with van der Waals surface area (Å²) in [6, 6.07) is 12.7. The van der Waals surface area contributed by atoms with E-state index in [0.717, 1.165) is 5.69 Å². The van der Waals surface area contributed by atoms with Crippen molar-refractivity contribution in [2.24, 2.45) is 0 Å². The van der Waals surface area contributed by atoms with Gasteiger partial charge < -0.3 is 20.2 Å². The van der Waals surface area contributed by atoms with Gasteiger partial charge in [0.05, 0.1) is 23.3 Å². The standard InChI is InChI=1S/C24H30N4OS/c1-16-15-24(2,3)27(4)20-10-9-17(14-18(16)20)22-21(19-8-5-6-11-25-19)26-23(30)28(22)12-7-13-29/h5-6,8-11,14-15,21-22,29H,7,12-13H2,1-4H3,(H,26,30)/t21-,22-/m0/s1. The largest absolute Gasteiger partial charge is 0.396 e. The monoisotopic (exact) mass is 422 g/mol. The molecule has 3 heterocycles. The third-order valence-electron chi connectivity index (χ3n) is 6.34. The average Bonchev–Trinajstić information content (AvgIpc) is 3.06. The number of thiocarbonyl (C=S) groups is 1. The van der Waals surface area contributed by atoms with Gasteiger partial charge in [-0.2, -0.15) is 0 Å². The van der Waals surface area contributed by atoms with Gasteiger partial charge in [-0.1, -0.05) is 18.2 Å². The number of pyridine rings is 1. The van der Waals surface area contributed by atoms with E-state index in [4.69, 9.17) is 12.2 Å². The number of rotatable bonds is 5. The van der Waals surface area contributed by atoms with Gasteiger partial charge in [0.25, 0.3) is 0 Å². The van der Waals surface area contributed by atoms with E-state index in [2.05, 4.69) is 72.2 Å². The smallest absolute Gasteiger partial charge is 0.170 e. The fourth-order valence-corrected chi connectivity index (χ4v) is 4.94. The molecule has 0 unspecified atom stereocenters. The van der Waals surface area contributed by atoms with Gasteiger partial charge in [0.2, 0.25) is 0 Å². The van der Waals surface area contributed by atoms with Gasteiger partial charge in [-0.15, -0.1) is 0 Å². The van der Waals surface area contributed by atoms with Gasteiger partial charge in [0.1, 0.15) is 0 Å². The number of aliphatic hydroxyl groups is 1. The Morgan fingerprint density at radius 3 is 2.73 bits per heavy atom. The summed E-state index contributed by atoms with van der Waals surface area (Å²) >= 11 is 5.69. The van der Waals surface area contributed by atoms with E-state index in [1.807, 2.05) is 24.4 Å². The van der Waals surface area contributed by atoms with E-state index in [0.29, 0.717) is 18.1 Å². The van der Waals surface area contributed by atoms with Crippen molar-refractivity contribution in [1.82, 2.24) is 15.2 Å². The predicted molar refractivity (Wildman–Crippen MR) is 126 cm³/mol. The number of nitrogens with one attached hydrogen (secondary N) is 1. The summed E-state index contributed by atoms with van der Waals surface area (Å²) in [7, 11) is 2.15. The molecule has 2 atom stereocenters. The van der Waals surface area contributed by atoms with Gasteiger partial charge >= 0.3 is 0 Å². The molecule has 158 valence electrons. The molecular weight excluding hydrogens is 392 g/mol. The van der Waals surface area contributed by atoms with E-state index in [1.165, 1.54) is 22.4 Å². The molecule has 1 aromatic carbocycles. The van der Waals surface area contributed by atoms with Crippen molar-refractivity contribution in [2.45, 2.75) is 44.8 Å². The second kappa shape index (κ2) is 8.00. The highest BCUT2D eigenvalue weighted by atomic mass is 32.1. The van der Waals surface area contributed by atoms with Gasteiger partial charge in [0, 0.05) is 37.6 Å². The van der Waals surface area contributed by atoms with Gasteiger partial charge in [-0.05, 0) is 74.8 Å². The summed E-state index contributed by atoms with van der Waals surface area (Å²) in [5.41, 5.74) is 5.95. The first kappa shape index (κ1) is 20.8. The molecule has 1 saturated heterocycles. The van der Waals surface area contributed by atoms with Crippen molar-refractivity contribution in [3.8, 4) is 0 Å². The van der Waals surface area contributed by atoms with Crippen molar-refractivity contribution in [3.05, 3.63) is 65.5 Å². The van der Waals surface area contributed by atoms with E-state index < -0.39 is 0 Å². The average molecular weight is 423 g/mol. The van der Waals surface area contributed by atoms with E-state index in [1.54, 1.807) is 0 Å². The molecule has 0 radical (unpaired) electrons. The molecule has 1 fully saturated rings. The third kappa shape index (κ3) is 3.59. The summed E-state index contributed by atoms with van der Waals surface area (Å²) in [6.45, 7) is 7.51. The van der Waals surface area contributed by atoms with Crippen LogP contribution in [0.15, 0.2) is 48.7 Å². The minimum absolute atomic E-state index is 0.0151. The van der Waals surface area contributed by atoms with Gasteiger partial charge in [0.15, 0.2) is 5.11 Å². The number of allylic oxidation sites excluding steroid dienone is 1. The lowest BCUT2D eigenvalue weighted by Gasteiger charge is -2.41. The van der Waals surface area contributed by atoms with Crippen LogP contribution in [0.5, 0.6) is 0 Å². The SMILES string of the molecule is CC1=CC(C)(C)N(C)c2ccc([C@H]3[C@H](c4ccccn4)NC(=S)N3CCCO)cc21. The number of aromatic nitrogens is 1. The zero-order valence-corrected chi connectivity index (χ0v) is 18.9. The lowest BCUT2D eigenvalue weighted by molar-refractivity contribution is 0.247. The van der Waals surface area contributed by atoms with Crippen LogP contribution in [0.4, 0.5) is 5.69 Å². The Hall–Kier alpha value is -2.44. The Morgan fingerprint density at radius 2 is 2.03 bits per heavy atom. The predicted octanol–water partition coefficient (Wildman–Crippen LogP) is 4.07. The van der Waals surface area contributed by atoms with Crippen LogP contribution < -0.4 is 10.2 Å². The Balaban J connectivity index is 1.79. The van der Waals surface area contributed by atoms with Crippen LogP contribution in [0.3, 0.4) is 0 Å². The van der Waals surface area contributed by atoms with E-state index in [-0.39, 0.29) is 24.2 Å². The molecule has 2 aliphatic heterocycles. The zero-order valence-electron chi connectivity index (χ0n) is 18.1. The molecule has 5 nitrogen and oxygen atoms in total. The normalized spacial score (nSPS) is 22.6. The van der Waals surface area contributed by atoms with Crippen molar-refractivity contribution in [1.29, 1.82) is 0 Å². The Labute approximate surface area is 184 Å². The minimum atomic E-state index is -0.0301. The Bertz CT molecular complexity index is 972. The fraction of sp³-hybridized carbons (Fsp3) is 0.417. The van der Waals surface area contributed by atoms with Crippen LogP contribution in [-0.4, -0.2) is 45.8 Å². The minimum Gasteiger partial charge on any atom is -0.396 e. The van der Waals surface area contributed by atoms with Crippen LogP contribution >= 0.6 is 12.2 Å². The number of anilines is 1. The lowest BCUT2D eigenvalue weighted by atomic mass is 9.86. The summed E-state index contributed by atoms with van der Waals surface area (Å²) in [5.74, 6) is 0. The molecule has 6 heteroatoms. The topological polar surface area (TPSA) is 51.6 Å². The molecular formula is C24H30N4OS. The number of benzene rings is 1. The maximum absolute atomic E-state index is 9.41. The number of likely N-dealkylation sites (N-methyl/N-ethyl adjacent to an activating group) is 1. The lowest BCUT2D eigenvalue weighted by Crippen LogP contribution is -2.42. The van der Waals surface area contributed by atoms with E-state index in [9.17, 15) is 5.11 Å². The van der Waals surface area contributed by atoms with Gasteiger partial charge in [-0.25, -0.2) is 0 Å². The Morgan fingerprint density at radius 1 is 1.23 bits per heavy atom. The van der Waals surface area contributed by atoms with Crippen molar-refractivity contribution < 1.29 is 5.11 Å². The number of fused-ring (bicyclic) bond motifs is 1. The van der Waals surface area contributed by atoms with Crippen molar-refractivity contribution in [2.75, 3.05) is 25.1 Å². The molecule has 30 heavy (non-hydrogen) atoms. The van der Waals surface area contributed by atoms with Crippen LogP contribution in [0.1, 0.15) is 56.1 Å². The van der Waals surface area contributed by atoms with Gasteiger partial charge in [-0.3, -0.25) is 4.98 Å². The summed E-state index contributed by atoms with van der Waals surface area (Å²) in [5, 5.41) is 13.6.